The van der Waals surface area contributed by atoms with Crippen LogP contribution < -0.4 is 0 Å². The van der Waals surface area contributed by atoms with Crippen molar-refractivity contribution in [1.29, 1.82) is 0 Å². The number of carboxylic acid groups (broad SMARTS) is 1. The van der Waals surface area contributed by atoms with Crippen LogP contribution in [0.25, 0.3) is 6.08 Å². The van der Waals surface area contributed by atoms with Gasteiger partial charge < -0.3 is 10.0 Å². The first kappa shape index (κ1) is 18.6. The number of benzene rings is 1. The van der Waals surface area contributed by atoms with E-state index in [1.54, 1.807) is 6.08 Å². The van der Waals surface area contributed by atoms with Gasteiger partial charge in [-0.3, -0.25) is 14.5 Å². The highest BCUT2D eigenvalue weighted by Crippen LogP contribution is 2.32. The lowest BCUT2D eigenvalue weighted by molar-refractivity contribution is -0.152. The lowest BCUT2D eigenvalue weighted by Gasteiger charge is -2.33. The zero-order valence-corrected chi connectivity index (χ0v) is 15.6. The molecule has 0 unspecified atom stereocenters. The molecule has 1 aromatic carbocycles. The van der Waals surface area contributed by atoms with E-state index in [2.05, 4.69) is 0 Å². The summed E-state index contributed by atoms with van der Waals surface area (Å²) in [6, 6.07) is 8.57. The fourth-order valence-electron chi connectivity index (χ4n) is 3.05. The molecule has 1 aromatic rings. The minimum atomic E-state index is -1.01. The summed E-state index contributed by atoms with van der Waals surface area (Å²) in [5.41, 5.74) is 0.876. The molecule has 6 nitrogen and oxygen atoms in total. The largest absolute Gasteiger partial charge is 0.480 e. The summed E-state index contributed by atoms with van der Waals surface area (Å²) in [4.78, 5) is 39.7. The molecule has 0 aromatic heterocycles. The third-order valence-electron chi connectivity index (χ3n) is 4.37. The van der Waals surface area contributed by atoms with E-state index in [1.165, 1.54) is 9.80 Å². The van der Waals surface area contributed by atoms with Crippen LogP contribution in [0, 0.1) is 0 Å². The van der Waals surface area contributed by atoms with E-state index in [0.717, 1.165) is 30.2 Å². The highest BCUT2D eigenvalue weighted by molar-refractivity contribution is 8.26. The first-order chi connectivity index (χ1) is 12.5. The number of thiocarbonyl (C=S) groups is 1. The monoisotopic (exact) mass is 390 g/mol. The van der Waals surface area contributed by atoms with Crippen molar-refractivity contribution in [2.75, 3.05) is 13.1 Å². The Hall–Kier alpha value is -2.19. The van der Waals surface area contributed by atoms with Gasteiger partial charge in [-0.25, -0.2) is 4.79 Å². The number of amides is 2. The molecular weight excluding hydrogens is 372 g/mol. The molecular formula is C18H18N2O4S2. The van der Waals surface area contributed by atoms with Gasteiger partial charge in [-0.15, -0.1) is 0 Å². The number of nitrogens with zero attached hydrogens (tertiary/aromatic N) is 2. The van der Waals surface area contributed by atoms with E-state index in [4.69, 9.17) is 12.2 Å². The molecule has 2 heterocycles. The summed E-state index contributed by atoms with van der Waals surface area (Å²) < 4.78 is 0.314. The Morgan fingerprint density at radius 2 is 2.00 bits per heavy atom. The summed E-state index contributed by atoms with van der Waals surface area (Å²) in [7, 11) is 0. The Bertz CT molecular complexity index is 779. The summed E-state index contributed by atoms with van der Waals surface area (Å²) in [6.07, 6.45) is 3.72. The van der Waals surface area contributed by atoms with Crippen LogP contribution in [0.5, 0.6) is 0 Å². The molecule has 26 heavy (non-hydrogen) atoms. The number of carbonyl (C=O) groups excluding carboxylic acids is 2. The van der Waals surface area contributed by atoms with Crippen molar-refractivity contribution in [3.8, 4) is 0 Å². The van der Waals surface area contributed by atoms with Gasteiger partial charge in [0.25, 0.3) is 5.91 Å². The number of thioether (sulfide) groups is 1. The summed E-state index contributed by atoms with van der Waals surface area (Å²) in [6.45, 7) is 0.172. The average Bonchev–Trinajstić information content (AvgIpc) is 2.90. The maximum Gasteiger partial charge on any atom is 0.326 e. The van der Waals surface area contributed by atoms with Gasteiger partial charge in [-0.2, -0.15) is 0 Å². The van der Waals surface area contributed by atoms with Crippen LogP contribution in [0.3, 0.4) is 0 Å². The molecule has 0 aliphatic carbocycles. The molecule has 8 heteroatoms. The van der Waals surface area contributed by atoms with Crippen molar-refractivity contribution in [2.24, 2.45) is 0 Å². The quantitative estimate of drug-likeness (QED) is 0.628. The molecule has 2 fully saturated rings. The second-order valence-corrected chi connectivity index (χ2v) is 7.79. The van der Waals surface area contributed by atoms with Gasteiger partial charge in [-0.05, 0) is 30.9 Å². The van der Waals surface area contributed by atoms with Crippen molar-refractivity contribution < 1.29 is 19.5 Å². The van der Waals surface area contributed by atoms with Crippen LogP contribution in [0.4, 0.5) is 0 Å². The number of carboxylic acids is 1. The lowest BCUT2D eigenvalue weighted by atomic mass is 10.0. The van der Waals surface area contributed by atoms with Gasteiger partial charge in [0.05, 0.1) is 4.91 Å². The van der Waals surface area contributed by atoms with E-state index >= 15 is 0 Å². The first-order valence-corrected chi connectivity index (χ1v) is 9.52. The molecule has 1 atom stereocenters. The number of rotatable bonds is 4. The van der Waals surface area contributed by atoms with Gasteiger partial charge in [0.1, 0.15) is 16.9 Å². The predicted octanol–water partition coefficient (Wildman–Crippen LogP) is 2.35. The van der Waals surface area contributed by atoms with E-state index in [-0.39, 0.29) is 18.4 Å². The van der Waals surface area contributed by atoms with Gasteiger partial charge >= 0.3 is 5.97 Å². The predicted molar refractivity (Wildman–Crippen MR) is 103 cm³/mol. The molecule has 1 N–H and O–H groups in total. The lowest BCUT2D eigenvalue weighted by Crippen LogP contribution is -2.51. The Morgan fingerprint density at radius 1 is 1.27 bits per heavy atom. The highest BCUT2D eigenvalue weighted by atomic mass is 32.2. The highest BCUT2D eigenvalue weighted by Gasteiger charge is 2.37. The Labute approximate surface area is 160 Å². The van der Waals surface area contributed by atoms with Crippen LogP contribution in [-0.4, -0.2) is 56.1 Å². The SMILES string of the molecule is O=C(O)[C@@H]1CCCCN1C(=O)CN1C(=O)/C(=C\c2ccccc2)SC1=S. The normalized spacial score (nSPS) is 22.2. The number of likely N-dealkylation sites (tertiary alicyclic amines) is 1. The van der Waals surface area contributed by atoms with Crippen LogP contribution in [0.1, 0.15) is 24.8 Å². The molecule has 136 valence electrons. The van der Waals surface area contributed by atoms with E-state index in [0.29, 0.717) is 22.2 Å². The van der Waals surface area contributed by atoms with E-state index < -0.39 is 12.0 Å². The third-order valence-corrected chi connectivity index (χ3v) is 5.75. The Balaban J connectivity index is 1.72. The molecule has 0 saturated carbocycles. The fourth-order valence-corrected chi connectivity index (χ4v) is 4.30. The molecule has 2 saturated heterocycles. The molecule has 0 spiro atoms. The van der Waals surface area contributed by atoms with Gasteiger partial charge in [0.15, 0.2) is 0 Å². The third kappa shape index (κ3) is 3.96. The summed E-state index contributed by atoms with van der Waals surface area (Å²) in [5, 5.41) is 9.32. The molecule has 0 radical (unpaired) electrons. The van der Waals surface area contributed by atoms with Crippen LogP contribution in [0.2, 0.25) is 0 Å². The first-order valence-electron chi connectivity index (χ1n) is 8.30. The molecule has 2 amide bonds. The molecule has 2 aliphatic heterocycles. The van der Waals surface area contributed by atoms with Crippen molar-refractivity contribution in [2.45, 2.75) is 25.3 Å². The van der Waals surface area contributed by atoms with Gasteiger partial charge in [0.2, 0.25) is 5.91 Å². The number of hydrogen-bond acceptors (Lipinski definition) is 5. The molecule has 3 rings (SSSR count). The van der Waals surface area contributed by atoms with Crippen molar-refractivity contribution >= 4 is 52.2 Å². The van der Waals surface area contributed by atoms with Gasteiger partial charge in [-0.1, -0.05) is 54.3 Å². The summed E-state index contributed by atoms with van der Waals surface area (Å²) in [5.74, 6) is -1.71. The fraction of sp³-hybridized carbons (Fsp3) is 0.333. The number of carbonyl (C=O) groups is 3. The average molecular weight is 390 g/mol. The Morgan fingerprint density at radius 3 is 2.69 bits per heavy atom. The zero-order chi connectivity index (χ0) is 18.7. The maximum absolute atomic E-state index is 12.6. The second-order valence-electron chi connectivity index (χ2n) is 6.12. The van der Waals surface area contributed by atoms with Crippen molar-refractivity contribution in [1.82, 2.24) is 9.80 Å². The van der Waals surface area contributed by atoms with E-state index in [1.807, 2.05) is 30.3 Å². The Kier molecular flexibility index (Phi) is 5.73. The van der Waals surface area contributed by atoms with Crippen LogP contribution in [0.15, 0.2) is 35.2 Å². The summed E-state index contributed by atoms with van der Waals surface area (Å²) >= 11 is 6.41. The number of piperidine rings is 1. The van der Waals surface area contributed by atoms with Gasteiger partial charge in [0, 0.05) is 6.54 Å². The number of aliphatic carboxylic acids is 1. The smallest absolute Gasteiger partial charge is 0.326 e. The van der Waals surface area contributed by atoms with E-state index in [9.17, 15) is 19.5 Å². The topological polar surface area (TPSA) is 77.9 Å². The maximum atomic E-state index is 12.6. The molecule has 0 bridgehead atoms. The van der Waals surface area contributed by atoms with Crippen molar-refractivity contribution in [3.05, 3.63) is 40.8 Å². The zero-order valence-electron chi connectivity index (χ0n) is 14.0. The standard InChI is InChI=1S/C18H18N2O4S2/c21-15(19-9-5-4-8-13(19)17(23)24)11-20-16(22)14(26-18(20)25)10-12-6-2-1-3-7-12/h1-3,6-7,10,13H,4-5,8-9,11H2,(H,23,24)/b14-10+/t13-/m0/s1. The van der Waals surface area contributed by atoms with Crippen LogP contribution in [-0.2, 0) is 14.4 Å². The van der Waals surface area contributed by atoms with Crippen LogP contribution >= 0.6 is 24.0 Å². The van der Waals surface area contributed by atoms with Crippen molar-refractivity contribution in [3.63, 3.8) is 0 Å². The molecule has 2 aliphatic rings. The second kappa shape index (κ2) is 8.01. The minimum absolute atomic E-state index is 0.222. The minimum Gasteiger partial charge on any atom is -0.480 e. The number of hydrogen-bond donors (Lipinski definition) is 1.